The second-order valence-corrected chi connectivity index (χ2v) is 6.66. The molecule has 0 fully saturated rings. The summed E-state index contributed by atoms with van der Waals surface area (Å²) in [7, 11) is 3.83. The van der Waals surface area contributed by atoms with Gasteiger partial charge >= 0.3 is 0 Å². The minimum atomic E-state index is -0.716. The van der Waals surface area contributed by atoms with Gasteiger partial charge in [-0.2, -0.15) is 0 Å². The van der Waals surface area contributed by atoms with Gasteiger partial charge in [0.1, 0.15) is 11.6 Å². The molecule has 1 aliphatic rings. The second-order valence-electron chi connectivity index (χ2n) is 6.66. The van der Waals surface area contributed by atoms with Crippen molar-refractivity contribution in [3.05, 3.63) is 53.3 Å². The Bertz CT molecular complexity index is 915. The zero-order chi connectivity index (χ0) is 19.4. The Kier molecular flexibility index (Phi) is 5.63. The van der Waals surface area contributed by atoms with Crippen molar-refractivity contribution in [1.82, 2.24) is 4.90 Å². The maximum absolute atomic E-state index is 14.0. The number of carbonyl (C=O) groups excluding carboxylic acids is 1. The van der Waals surface area contributed by atoms with Crippen LogP contribution >= 0.6 is 0 Å². The number of anilines is 2. The van der Waals surface area contributed by atoms with Crippen molar-refractivity contribution in [2.75, 3.05) is 37.8 Å². The van der Waals surface area contributed by atoms with Gasteiger partial charge in [0.25, 0.3) is 5.91 Å². The second kappa shape index (κ2) is 8.11. The minimum Gasteiger partial charge on any atom is -0.477 e. The molecular formula is C21H22FN3O2. The number of fused-ring (bicyclic) bond motifs is 1. The first-order valence-corrected chi connectivity index (χ1v) is 8.68. The highest BCUT2D eigenvalue weighted by Crippen LogP contribution is 2.29. The highest BCUT2D eigenvalue weighted by Gasteiger charge is 2.26. The molecule has 1 amide bonds. The van der Waals surface area contributed by atoms with Crippen molar-refractivity contribution in [2.45, 2.75) is 13.0 Å². The third-order valence-electron chi connectivity index (χ3n) is 4.10. The molecule has 1 atom stereocenters. The molecule has 1 aliphatic heterocycles. The average molecular weight is 367 g/mol. The summed E-state index contributed by atoms with van der Waals surface area (Å²) in [5.41, 5.74) is 2.25. The van der Waals surface area contributed by atoms with E-state index in [0.29, 0.717) is 35.7 Å². The number of halogens is 1. The predicted octanol–water partition coefficient (Wildman–Crippen LogP) is 2.86. The number of carbonyl (C=O) groups is 1. The molecule has 140 valence electrons. The molecule has 3 rings (SSSR count). The van der Waals surface area contributed by atoms with Gasteiger partial charge in [-0.1, -0.05) is 24.0 Å². The van der Waals surface area contributed by atoms with Crippen LogP contribution in [-0.2, 0) is 4.79 Å². The van der Waals surface area contributed by atoms with E-state index < -0.39 is 11.9 Å². The molecule has 1 heterocycles. The summed E-state index contributed by atoms with van der Waals surface area (Å²) in [6.45, 7) is 2.57. The van der Waals surface area contributed by atoms with Crippen LogP contribution in [0.25, 0.3) is 0 Å². The minimum absolute atomic E-state index is 0.332. The standard InChI is InChI=1S/C21H22FN3O2/c1-14-11-15(7-6-10-25(2)3)18(12-16(14)22)24-21(26)20-13-23-17-8-4-5-9-19(17)27-20/h4-5,8-9,11-12,20,23H,10,13H2,1-3H3,(H,24,26). The van der Waals surface area contributed by atoms with E-state index in [0.717, 1.165) is 5.69 Å². The first-order valence-electron chi connectivity index (χ1n) is 8.68. The van der Waals surface area contributed by atoms with Gasteiger partial charge in [0.2, 0.25) is 0 Å². The number of ether oxygens (including phenoxy) is 1. The van der Waals surface area contributed by atoms with E-state index in [1.54, 1.807) is 19.1 Å². The zero-order valence-corrected chi connectivity index (χ0v) is 15.6. The van der Waals surface area contributed by atoms with Gasteiger partial charge in [-0.25, -0.2) is 4.39 Å². The van der Waals surface area contributed by atoms with Crippen molar-refractivity contribution >= 4 is 17.3 Å². The van der Waals surface area contributed by atoms with E-state index in [1.807, 2.05) is 37.2 Å². The Balaban J connectivity index is 1.79. The number of aryl methyl sites for hydroxylation is 1. The average Bonchev–Trinajstić information content (AvgIpc) is 2.64. The Morgan fingerprint density at radius 1 is 1.37 bits per heavy atom. The van der Waals surface area contributed by atoms with Gasteiger partial charge in [0.15, 0.2) is 6.10 Å². The number of hydrogen-bond acceptors (Lipinski definition) is 4. The Hall–Kier alpha value is -3.04. The summed E-state index contributed by atoms with van der Waals surface area (Å²) >= 11 is 0. The molecule has 0 saturated heterocycles. The summed E-state index contributed by atoms with van der Waals surface area (Å²) < 4.78 is 19.8. The fourth-order valence-electron chi connectivity index (χ4n) is 2.65. The number of hydrogen-bond donors (Lipinski definition) is 2. The summed E-state index contributed by atoms with van der Waals surface area (Å²) in [5, 5.41) is 5.93. The molecule has 0 bridgehead atoms. The van der Waals surface area contributed by atoms with Crippen LogP contribution in [0.2, 0.25) is 0 Å². The molecule has 1 unspecified atom stereocenters. The first-order chi connectivity index (χ1) is 12.9. The molecular weight excluding hydrogens is 345 g/mol. The van der Waals surface area contributed by atoms with Gasteiger partial charge in [0, 0.05) is 5.56 Å². The van der Waals surface area contributed by atoms with Gasteiger partial charge in [0.05, 0.1) is 24.5 Å². The number of nitrogens with zero attached hydrogens (tertiary/aromatic N) is 1. The molecule has 5 nitrogen and oxygen atoms in total. The molecule has 27 heavy (non-hydrogen) atoms. The molecule has 0 saturated carbocycles. The lowest BCUT2D eigenvalue weighted by Gasteiger charge is -2.26. The highest BCUT2D eigenvalue weighted by atomic mass is 19.1. The monoisotopic (exact) mass is 367 g/mol. The number of benzene rings is 2. The maximum Gasteiger partial charge on any atom is 0.267 e. The van der Waals surface area contributed by atoms with Crippen LogP contribution < -0.4 is 15.4 Å². The van der Waals surface area contributed by atoms with Gasteiger partial charge < -0.3 is 15.4 Å². The number of nitrogens with one attached hydrogen (secondary N) is 2. The normalized spacial score (nSPS) is 15.1. The summed E-state index contributed by atoms with van der Waals surface area (Å²) in [6.07, 6.45) is -0.716. The Morgan fingerprint density at radius 2 is 2.15 bits per heavy atom. The molecule has 0 spiro atoms. The van der Waals surface area contributed by atoms with Crippen LogP contribution in [-0.4, -0.2) is 44.1 Å². The number of rotatable bonds is 3. The third-order valence-corrected chi connectivity index (χ3v) is 4.10. The van der Waals surface area contributed by atoms with Crippen molar-refractivity contribution in [1.29, 1.82) is 0 Å². The van der Waals surface area contributed by atoms with Gasteiger partial charge in [-0.15, -0.1) is 0 Å². The predicted molar refractivity (Wildman–Crippen MR) is 105 cm³/mol. The smallest absolute Gasteiger partial charge is 0.267 e. The van der Waals surface area contributed by atoms with Crippen LogP contribution in [0.5, 0.6) is 5.75 Å². The van der Waals surface area contributed by atoms with Crippen LogP contribution in [0.1, 0.15) is 11.1 Å². The van der Waals surface area contributed by atoms with Gasteiger partial charge in [-0.3, -0.25) is 9.69 Å². The van der Waals surface area contributed by atoms with Crippen LogP contribution in [0.3, 0.4) is 0 Å². The SMILES string of the molecule is Cc1cc(C#CCN(C)C)c(NC(=O)C2CNc3ccccc3O2)cc1F. The zero-order valence-electron chi connectivity index (χ0n) is 15.6. The molecule has 2 N–H and O–H groups in total. The molecule has 2 aromatic carbocycles. The lowest BCUT2D eigenvalue weighted by molar-refractivity contribution is -0.122. The number of para-hydroxylation sites is 2. The molecule has 0 aromatic heterocycles. The van der Waals surface area contributed by atoms with Crippen molar-refractivity contribution in [3.63, 3.8) is 0 Å². The van der Waals surface area contributed by atoms with Crippen LogP contribution in [0, 0.1) is 24.6 Å². The molecule has 0 aliphatic carbocycles. The summed E-state index contributed by atoms with van der Waals surface area (Å²) in [5.74, 6) is 5.89. The molecule has 6 heteroatoms. The van der Waals surface area contributed by atoms with E-state index in [-0.39, 0.29) is 5.91 Å². The van der Waals surface area contributed by atoms with Crippen LogP contribution in [0.15, 0.2) is 36.4 Å². The van der Waals surface area contributed by atoms with E-state index in [2.05, 4.69) is 22.5 Å². The first kappa shape index (κ1) is 18.7. The summed E-state index contributed by atoms with van der Waals surface area (Å²) in [6, 6.07) is 10.4. The Labute approximate surface area is 158 Å². The molecule has 2 aromatic rings. The van der Waals surface area contributed by atoms with E-state index in [4.69, 9.17) is 4.74 Å². The van der Waals surface area contributed by atoms with Crippen molar-refractivity contribution in [2.24, 2.45) is 0 Å². The third kappa shape index (κ3) is 4.57. The van der Waals surface area contributed by atoms with Crippen LogP contribution in [0.4, 0.5) is 15.8 Å². The lowest BCUT2D eigenvalue weighted by Crippen LogP contribution is -2.41. The van der Waals surface area contributed by atoms with E-state index >= 15 is 0 Å². The highest BCUT2D eigenvalue weighted by molar-refractivity contribution is 5.96. The number of amides is 1. The maximum atomic E-state index is 14.0. The van der Waals surface area contributed by atoms with E-state index in [1.165, 1.54) is 6.07 Å². The van der Waals surface area contributed by atoms with Crippen molar-refractivity contribution in [3.8, 4) is 17.6 Å². The fraction of sp³-hybridized carbons (Fsp3) is 0.286. The lowest BCUT2D eigenvalue weighted by atomic mass is 10.1. The summed E-state index contributed by atoms with van der Waals surface area (Å²) in [4.78, 5) is 14.6. The van der Waals surface area contributed by atoms with E-state index in [9.17, 15) is 9.18 Å². The quantitative estimate of drug-likeness (QED) is 0.819. The fourth-order valence-corrected chi connectivity index (χ4v) is 2.65. The topological polar surface area (TPSA) is 53.6 Å². The molecule has 0 radical (unpaired) electrons. The van der Waals surface area contributed by atoms with Crippen molar-refractivity contribution < 1.29 is 13.9 Å². The largest absolute Gasteiger partial charge is 0.477 e. The Morgan fingerprint density at radius 3 is 2.93 bits per heavy atom. The van der Waals surface area contributed by atoms with Gasteiger partial charge in [-0.05, 0) is 50.8 Å².